The molecule has 2 nitrogen and oxygen atoms in total. The number of hydrogen-bond acceptors (Lipinski definition) is 2. The Bertz CT molecular complexity index is 595. The molecule has 2 rings (SSSR count). The van der Waals surface area contributed by atoms with Crippen LogP contribution in [0.4, 0.5) is 4.39 Å². The van der Waals surface area contributed by atoms with Crippen molar-refractivity contribution in [2.75, 3.05) is 0 Å². The minimum absolute atomic E-state index is 0.0856. The third-order valence-corrected chi connectivity index (χ3v) is 2.79. The van der Waals surface area contributed by atoms with Gasteiger partial charge in [-0.05, 0) is 68.8 Å². The standard InChI is InChI=1S/C17H17FO2/c1-11(2)20-16-6-4-13(5-7-16)17(19)14-8-12(3)9-15(18)10-14/h4-11H,1-3H3. The highest BCUT2D eigenvalue weighted by atomic mass is 19.1. The highest BCUT2D eigenvalue weighted by Crippen LogP contribution is 2.18. The molecule has 0 spiro atoms. The lowest BCUT2D eigenvalue weighted by Crippen LogP contribution is -2.06. The number of carbonyl (C=O) groups excluding carboxylic acids is 1. The van der Waals surface area contributed by atoms with Crippen molar-refractivity contribution >= 4 is 5.78 Å². The van der Waals surface area contributed by atoms with Gasteiger partial charge in [0, 0.05) is 11.1 Å². The van der Waals surface area contributed by atoms with E-state index in [1.165, 1.54) is 12.1 Å². The number of halogens is 1. The lowest BCUT2D eigenvalue weighted by Gasteiger charge is -2.10. The first kappa shape index (κ1) is 14.3. The highest BCUT2D eigenvalue weighted by Gasteiger charge is 2.11. The van der Waals surface area contributed by atoms with Gasteiger partial charge in [-0.2, -0.15) is 0 Å². The molecule has 0 aliphatic heterocycles. The summed E-state index contributed by atoms with van der Waals surface area (Å²) in [6.45, 7) is 5.64. The molecule has 0 bridgehead atoms. The minimum Gasteiger partial charge on any atom is -0.491 e. The van der Waals surface area contributed by atoms with Crippen molar-refractivity contribution in [1.29, 1.82) is 0 Å². The van der Waals surface area contributed by atoms with Gasteiger partial charge >= 0.3 is 0 Å². The largest absolute Gasteiger partial charge is 0.491 e. The van der Waals surface area contributed by atoms with Gasteiger partial charge in [0.05, 0.1) is 6.10 Å². The van der Waals surface area contributed by atoms with Crippen molar-refractivity contribution in [1.82, 2.24) is 0 Å². The number of rotatable bonds is 4. The van der Waals surface area contributed by atoms with Crippen LogP contribution in [-0.4, -0.2) is 11.9 Å². The van der Waals surface area contributed by atoms with E-state index in [1.54, 1.807) is 37.3 Å². The fourth-order valence-electron chi connectivity index (χ4n) is 1.99. The van der Waals surface area contributed by atoms with Crippen LogP contribution in [0.25, 0.3) is 0 Å². The van der Waals surface area contributed by atoms with Gasteiger partial charge in [0.1, 0.15) is 11.6 Å². The molecule has 2 aromatic rings. The summed E-state index contributed by atoms with van der Waals surface area (Å²) in [6, 6.07) is 11.2. The highest BCUT2D eigenvalue weighted by molar-refractivity contribution is 6.09. The first-order valence-electron chi connectivity index (χ1n) is 6.54. The molecule has 0 aliphatic rings. The van der Waals surface area contributed by atoms with Gasteiger partial charge in [0.15, 0.2) is 5.78 Å². The van der Waals surface area contributed by atoms with Crippen LogP contribution in [0.2, 0.25) is 0 Å². The van der Waals surface area contributed by atoms with Crippen molar-refractivity contribution in [2.24, 2.45) is 0 Å². The Balaban J connectivity index is 2.24. The first-order valence-corrected chi connectivity index (χ1v) is 6.54. The predicted octanol–water partition coefficient (Wildman–Crippen LogP) is 4.15. The van der Waals surface area contributed by atoms with Crippen molar-refractivity contribution < 1.29 is 13.9 Å². The molecule has 0 fully saturated rings. The monoisotopic (exact) mass is 272 g/mol. The van der Waals surface area contributed by atoms with Crippen LogP contribution in [0.1, 0.15) is 35.3 Å². The average Bonchev–Trinajstić information content (AvgIpc) is 2.37. The predicted molar refractivity (Wildman–Crippen MR) is 76.8 cm³/mol. The van der Waals surface area contributed by atoms with Crippen LogP contribution >= 0.6 is 0 Å². The minimum atomic E-state index is -0.395. The van der Waals surface area contributed by atoms with E-state index in [1.807, 2.05) is 13.8 Å². The zero-order valence-electron chi connectivity index (χ0n) is 11.8. The lowest BCUT2D eigenvalue weighted by atomic mass is 10.0. The smallest absolute Gasteiger partial charge is 0.193 e. The van der Waals surface area contributed by atoms with Crippen LogP contribution in [0.15, 0.2) is 42.5 Å². The summed E-state index contributed by atoms with van der Waals surface area (Å²) in [7, 11) is 0. The Hall–Kier alpha value is -2.16. The number of ether oxygens (including phenoxy) is 1. The molecule has 0 aromatic heterocycles. The number of benzene rings is 2. The molecule has 20 heavy (non-hydrogen) atoms. The first-order chi connectivity index (χ1) is 9.45. The Morgan fingerprint density at radius 1 is 1.05 bits per heavy atom. The van der Waals surface area contributed by atoms with Crippen LogP contribution < -0.4 is 4.74 Å². The summed E-state index contributed by atoms with van der Waals surface area (Å²) in [5, 5.41) is 0. The fraction of sp³-hybridized carbons (Fsp3) is 0.235. The van der Waals surface area contributed by atoms with E-state index in [9.17, 15) is 9.18 Å². The molecule has 3 heteroatoms. The zero-order valence-corrected chi connectivity index (χ0v) is 11.8. The Labute approximate surface area is 118 Å². The van der Waals surface area contributed by atoms with Gasteiger partial charge < -0.3 is 4.74 Å². The molecular formula is C17H17FO2. The fourth-order valence-corrected chi connectivity index (χ4v) is 1.99. The molecule has 104 valence electrons. The molecule has 0 aliphatic carbocycles. The van der Waals surface area contributed by atoms with Crippen molar-refractivity contribution in [3.63, 3.8) is 0 Å². The van der Waals surface area contributed by atoms with Crippen LogP contribution in [0.3, 0.4) is 0 Å². The second-order valence-corrected chi connectivity index (χ2v) is 5.04. The maximum atomic E-state index is 13.3. The van der Waals surface area contributed by atoms with Gasteiger partial charge in [-0.1, -0.05) is 0 Å². The molecule has 0 heterocycles. The summed E-state index contributed by atoms with van der Waals surface area (Å²) < 4.78 is 18.9. The molecule has 0 unspecified atom stereocenters. The van der Waals surface area contributed by atoms with E-state index in [-0.39, 0.29) is 11.9 Å². The Kier molecular flexibility index (Phi) is 4.18. The zero-order chi connectivity index (χ0) is 14.7. The summed E-state index contributed by atoms with van der Waals surface area (Å²) in [5.74, 6) is 0.129. The summed E-state index contributed by atoms with van der Waals surface area (Å²) in [4.78, 5) is 12.3. The Morgan fingerprint density at radius 3 is 2.25 bits per heavy atom. The van der Waals surface area contributed by atoms with E-state index in [0.29, 0.717) is 16.9 Å². The van der Waals surface area contributed by atoms with Gasteiger partial charge in [-0.3, -0.25) is 4.79 Å². The summed E-state index contributed by atoms with van der Waals surface area (Å²) in [5.41, 5.74) is 1.61. The van der Waals surface area contributed by atoms with Crippen LogP contribution in [0.5, 0.6) is 5.75 Å². The topological polar surface area (TPSA) is 26.3 Å². The molecule has 0 saturated heterocycles. The summed E-state index contributed by atoms with van der Waals surface area (Å²) >= 11 is 0. The molecular weight excluding hydrogens is 255 g/mol. The maximum absolute atomic E-state index is 13.3. The molecule has 0 N–H and O–H groups in total. The molecule has 0 amide bonds. The van der Waals surface area contributed by atoms with E-state index < -0.39 is 5.82 Å². The van der Waals surface area contributed by atoms with Crippen LogP contribution in [-0.2, 0) is 0 Å². The van der Waals surface area contributed by atoms with Crippen LogP contribution in [0, 0.1) is 12.7 Å². The van der Waals surface area contributed by atoms with E-state index in [2.05, 4.69) is 0 Å². The number of aryl methyl sites for hydroxylation is 1. The van der Waals surface area contributed by atoms with Gasteiger partial charge in [-0.25, -0.2) is 4.39 Å². The van der Waals surface area contributed by atoms with Gasteiger partial charge in [0.2, 0.25) is 0 Å². The second kappa shape index (κ2) is 5.87. The van der Waals surface area contributed by atoms with Gasteiger partial charge in [0.25, 0.3) is 0 Å². The van der Waals surface area contributed by atoms with Crippen molar-refractivity contribution in [2.45, 2.75) is 26.9 Å². The van der Waals surface area contributed by atoms with E-state index in [4.69, 9.17) is 4.74 Å². The van der Waals surface area contributed by atoms with E-state index >= 15 is 0 Å². The quantitative estimate of drug-likeness (QED) is 0.781. The van der Waals surface area contributed by atoms with E-state index in [0.717, 1.165) is 5.56 Å². The van der Waals surface area contributed by atoms with Gasteiger partial charge in [-0.15, -0.1) is 0 Å². The number of ketones is 1. The number of hydrogen-bond donors (Lipinski definition) is 0. The molecule has 0 atom stereocenters. The molecule has 0 saturated carbocycles. The van der Waals surface area contributed by atoms with Crippen molar-refractivity contribution in [3.05, 3.63) is 65.0 Å². The summed E-state index contributed by atoms with van der Waals surface area (Å²) in [6.07, 6.45) is 0.0856. The average molecular weight is 272 g/mol. The molecule has 2 aromatic carbocycles. The molecule has 0 radical (unpaired) electrons. The third-order valence-electron chi connectivity index (χ3n) is 2.79. The Morgan fingerprint density at radius 2 is 1.70 bits per heavy atom. The normalized spacial score (nSPS) is 10.7. The lowest BCUT2D eigenvalue weighted by molar-refractivity contribution is 0.103. The number of carbonyl (C=O) groups is 1. The third kappa shape index (κ3) is 3.44. The SMILES string of the molecule is Cc1cc(F)cc(C(=O)c2ccc(OC(C)C)cc2)c1. The second-order valence-electron chi connectivity index (χ2n) is 5.04. The van der Waals surface area contributed by atoms with Crippen molar-refractivity contribution in [3.8, 4) is 5.75 Å². The maximum Gasteiger partial charge on any atom is 0.193 e.